The zero-order chi connectivity index (χ0) is 14.0. The number of aromatic nitrogens is 2. The minimum atomic E-state index is -0.487. The van der Waals surface area contributed by atoms with Crippen LogP contribution in [0.5, 0.6) is 0 Å². The van der Waals surface area contributed by atoms with Crippen molar-refractivity contribution < 1.29 is 9.18 Å². The van der Waals surface area contributed by atoms with Crippen molar-refractivity contribution in [3.63, 3.8) is 0 Å². The van der Waals surface area contributed by atoms with Gasteiger partial charge in [-0.05, 0) is 24.6 Å². The van der Waals surface area contributed by atoms with E-state index < -0.39 is 11.7 Å². The number of nitrogens with zero attached hydrogens (tertiary/aromatic N) is 3. The molecule has 0 bridgehead atoms. The van der Waals surface area contributed by atoms with Gasteiger partial charge in [-0.3, -0.25) is 9.48 Å². The van der Waals surface area contributed by atoms with E-state index in [1.807, 2.05) is 6.07 Å². The summed E-state index contributed by atoms with van der Waals surface area (Å²) in [6, 6.07) is 6.13. The molecule has 1 aromatic heterocycles. The first-order valence-electron chi connectivity index (χ1n) is 5.52. The van der Waals surface area contributed by atoms with E-state index in [1.165, 1.54) is 23.0 Å². The van der Waals surface area contributed by atoms with Crippen LogP contribution >= 0.6 is 0 Å². The molecule has 1 heterocycles. The van der Waals surface area contributed by atoms with Crippen molar-refractivity contribution in [3.05, 3.63) is 46.9 Å². The molecule has 2 rings (SSSR count). The quantitative estimate of drug-likeness (QED) is 0.895. The molecular weight excluding hydrogens is 247 g/mol. The Kier molecular flexibility index (Phi) is 3.29. The highest BCUT2D eigenvalue weighted by Gasteiger charge is 2.14. The van der Waals surface area contributed by atoms with E-state index >= 15 is 0 Å². The Morgan fingerprint density at radius 1 is 1.53 bits per heavy atom. The van der Waals surface area contributed by atoms with Crippen molar-refractivity contribution in [2.45, 2.75) is 6.92 Å². The second-order valence-electron chi connectivity index (χ2n) is 4.06. The molecule has 96 valence electrons. The predicted molar refractivity (Wildman–Crippen MR) is 67.0 cm³/mol. The molecule has 0 aliphatic rings. The van der Waals surface area contributed by atoms with Gasteiger partial charge >= 0.3 is 0 Å². The minimum absolute atomic E-state index is 0.188. The second-order valence-corrected chi connectivity index (χ2v) is 4.06. The van der Waals surface area contributed by atoms with Crippen molar-refractivity contribution in [1.82, 2.24) is 9.78 Å². The minimum Gasteiger partial charge on any atom is -0.306 e. The van der Waals surface area contributed by atoms with Crippen LogP contribution in [0, 0.1) is 24.1 Å². The van der Waals surface area contributed by atoms with E-state index in [9.17, 15) is 9.18 Å². The molecule has 19 heavy (non-hydrogen) atoms. The van der Waals surface area contributed by atoms with Crippen LogP contribution in [0.3, 0.4) is 0 Å². The molecule has 0 fully saturated rings. The van der Waals surface area contributed by atoms with Gasteiger partial charge < -0.3 is 5.32 Å². The zero-order valence-corrected chi connectivity index (χ0v) is 10.4. The number of anilines is 1. The lowest BCUT2D eigenvalue weighted by Gasteiger charge is -2.06. The number of rotatable bonds is 2. The number of carbonyl (C=O) groups excluding carboxylic acids is 1. The highest BCUT2D eigenvalue weighted by atomic mass is 19.1. The number of nitrogens with one attached hydrogen (secondary N) is 1. The number of hydrogen-bond donors (Lipinski definition) is 1. The lowest BCUT2D eigenvalue weighted by atomic mass is 10.1. The summed E-state index contributed by atoms with van der Waals surface area (Å²) in [6.07, 6.45) is 1.35. The Balaban J connectivity index is 2.28. The first-order chi connectivity index (χ1) is 9.02. The van der Waals surface area contributed by atoms with E-state index in [-0.39, 0.29) is 16.9 Å². The third-order valence-electron chi connectivity index (χ3n) is 2.73. The van der Waals surface area contributed by atoms with E-state index in [2.05, 4.69) is 10.4 Å². The number of amides is 1. The molecule has 1 aromatic carbocycles. The molecule has 0 radical (unpaired) electrons. The van der Waals surface area contributed by atoms with Crippen molar-refractivity contribution in [1.29, 1.82) is 5.26 Å². The number of benzene rings is 1. The molecule has 0 aliphatic carbocycles. The van der Waals surface area contributed by atoms with Crippen LogP contribution in [0.2, 0.25) is 0 Å². The highest BCUT2D eigenvalue weighted by Crippen LogP contribution is 2.15. The Labute approximate surface area is 109 Å². The third-order valence-corrected chi connectivity index (χ3v) is 2.73. The topological polar surface area (TPSA) is 70.7 Å². The summed E-state index contributed by atoms with van der Waals surface area (Å²) in [4.78, 5) is 12.0. The Bertz CT molecular complexity index is 684. The molecule has 1 amide bonds. The normalized spacial score (nSPS) is 10.0. The molecule has 1 N–H and O–H groups in total. The highest BCUT2D eigenvalue weighted by molar-refractivity contribution is 6.04. The molecule has 0 aliphatic heterocycles. The lowest BCUT2D eigenvalue weighted by molar-refractivity contribution is 0.102. The van der Waals surface area contributed by atoms with Crippen LogP contribution in [-0.2, 0) is 7.05 Å². The summed E-state index contributed by atoms with van der Waals surface area (Å²) < 4.78 is 14.8. The van der Waals surface area contributed by atoms with Gasteiger partial charge in [-0.1, -0.05) is 6.07 Å². The van der Waals surface area contributed by atoms with Crippen LogP contribution in [0.4, 0.5) is 10.2 Å². The van der Waals surface area contributed by atoms with Crippen molar-refractivity contribution in [2.75, 3.05) is 5.32 Å². The third kappa shape index (κ3) is 2.45. The van der Waals surface area contributed by atoms with Gasteiger partial charge in [0.1, 0.15) is 23.3 Å². The van der Waals surface area contributed by atoms with Gasteiger partial charge in [0, 0.05) is 12.6 Å². The molecular formula is C13H11FN4O. The van der Waals surface area contributed by atoms with Gasteiger partial charge in [-0.2, -0.15) is 10.4 Å². The molecule has 5 nitrogen and oxygen atoms in total. The van der Waals surface area contributed by atoms with Gasteiger partial charge in [0.2, 0.25) is 0 Å². The zero-order valence-electron chi connectivity index (χ0n) is 10.4. The van der Waals surface area contributed by atoms with E-state index in [1.54, 1.807) is 14.0 Å². The summed E-state index contributed by atoms with van der Waals surface area (Å²) in [6.45, 7) is 1.62. The van der Waals surface area contributed by atoms with E-state index in [0.29, 0.717) is 5.56 Å². The number of hydrogen-bond acceptors (Lipinski definition) is 3. The number of aryl methyl sites for hydroxylation is 2. The number of halogens is 1. The maximum Gasteiger partial charge on any atom is 0.256 e. The van der Waals surface area contributed by atoms with Gasteiger partial charge in [0.25, 0.3) is 5.91 Å². The maximum atomic E-state index is 13.4. The lowest BCUT2D eigenvalue weighted by Crippen LogP contribution is -2.15. The SMILES string of the molecule is Cc1ccc(C(=O)Nc2c(C#N)cnn2C)cc1F. The summed E-state index contributed by atoms with van der Waals surface area (Å²) in [5, 5.41) is 15.3. The fourth-order valence-electron chi connectivity index (χ4n) is 1.58. The van der Waals surface area contributed by atoms with Crippen LogP contribution in [-0.4, -0.2) is 15.7 Å². The summed E-state index contributed by atoms with van der Waals surface area (Å²) >= 11 is 0. The first-order valence-corrected chi connectivity index (χ1v) is 5.52. The molecule has 0 spiro atoms. The predicted octanol–water partition coefficient (Wildman–Crippen LogP) is 1.99. The van der Waals surface area contributed by atoms with Gasteiger partial charge in [-0.25, -0.2) is 4.39 Å². The average Bonchev–Trinajstić information content (AvgIpc) is 2.74. The molecule has 0 atom stereocenters. The van der Waals surface area contributed by atoms with Crippen molar-refractivity contribution in [2.24, 2.45) is 7.05 Å². The molecule has 0 saturated heterocycles. The number of nitriles is 1. The Hall–Kier alpha value is -2.68. The van der Waals surface area contributed by atoms with Crippen molar-refractivity contribution >= 4 is 11.7 Å². The monoisotopic (exact) mass is 258 g/mol. The number of carbonyl (C=O) groups is 1. The van der Waals surface area contributed by atoms with Gasteiger partial charge in [0.05, 0.1) is 6.20 Å². The smallest absolute Gasteiger partial charge is 0.256 e. The molecule has 6 heteroatoms. The summed E-state index contributed by atoms with van der Waals surface area (Å²) in [5.41, 5.74) is 0.909. The average molecular weight is 258 g/mol. The van der Waals surface area contributed by atoms with Crippen molar-refractivity contribution in [3.8, 4) is 6.07 Å². The standard InChI is InChI=1S/C13H11FN4O/c1-8-3-4-9(5-11(8)14)13(19)17-12-10(6-15)7-16-18(12)2/h3-5,7H,1-2H3,(H,17,19). The fourth-order valence-corrected chi connectivity index (χ4v) is 1.58. The van der Waals surface area contributed by atoms with Crippen LogP contribution in [0.1, 0.15) is 21.5 Å². The molecule has 2 aromatic rings. The Morgan fingerprint density at radius 2 is 2.26 bits per heavy atom. The van der Waals surface area contributed by atoms with E-state index in [4.69, 9.17) is 5.26 Å². The van der Waals surface area contributed by atoms with Crippen LogP contribution in [0.25, 0.3) is 0 Å². The summed E-state index contributed by atoms with van der Waals surface area (Å²) in [7, 11) is 1.60. The Morgan fingerprint density at radius 3 is 2.89 bits per heavy atom. The van der Waals surface area contributed by atoms with Gasteiger partial charge in [0.15, 0.2) is 0 Å². The summed E-state index contributed by atoms with van der Waals surface area (Å²) in [5.74, 6) is -0.648. The second kappa shape index (κ2) is 4.90. The molecule has 0 unspecified atom stereocenters. The van der Waals surface area contributed by atoms with E-state index in [0.717, 1.165) is 6.07 Å². The molecule has 0 saturated carbocycles. The maximum absolute atomic E-state index is 13.4. The van der Waals surface area contributed by atoms with Crippen LogP contribution in [0.15, 0.2) is 24.4 Å². The first kappa shape index (κ1) is 12.8. The largest absolute Gasteiger partial charge is 0.306 e. The fraction of sp³-hybridized carbons (Fsp3) is 0.154. The van der Waals surface area contributed by atoms with Crippen LogP contribution < -0.4 is 5.32 Å². The van der Waals surface area contributed by atoms with Gasteiger partial charge in [-0.15, -0.1) is 0 Å².